The SMILES string of the molecule is O=C(Nc1ccc(O)cc1)c1ccccc1[Se]Cc1ccccc1. The summed E-state index contributed by atoms with van der Waals surface area (Å²) >= 11 is 0.185. The Morgan fingerprint density at radius 3 is 2.29 bits per heavy atom. The number of hydrogen-bond acceptors (Lipinski definition) is 2. The van der Waals surface area contributed by atoms with Crippen molar-refractivity contribution in [3.8, 4) is 5.75 Å². The van der Waals surface area contributed by atoms with Crippen molar-refractivity contribution in [3.05, 3.63) is 90.0 Å². The molecule has 3 rings (SSSR count). The van der Waals surface area contributed by atoms with Crippen LogP contribution in [0.15, 0.2) is 78.9 Å². The van der Waals surface area contributed by atoms with Gasteiger partial charge in [0.1, 0.15) is 0 Å². The van der Waals surface area contributed by atoms with Gasteiger partial charge in [0.25, 0.3) is 0 Å². The molecule has 0 saturated carbocycles. The first-order valence-corrected chi connectivity index (χ1v) is 9.65. The van der Waals surface area contributed by atoms with Gasteiger partial charge in [-0.15, -0.1) is 0 Å². The molecule has 24 heavy (non-hydrogen) atoms. The number of aromatic hydroxyl groups is 1. The zero-order valence-electron chi connectivity index (χ0n) is 13.0. The summed E-state index contributed by atoms with van der Waals surface area (Å²) in [4.78, 5) is 12.6. The fourth-order valence-electron chi connectivity index (χ4n) is 2.26. The maximum absolute atomic E-state index is 12.6. The molecule has 120 valence electrons. The van der Waals surface area contributed by atoms with E-state index < -0.39 is 0 Å². The maximum atomic E-state index is 12.6. The van der Waals surface area contributed by atoms with Crippen LogP contribution in [0.2, 0.25) is 0 Å². The summed E-state index contributed by atoms with van der Waals surface area (Å²) in [6.45, 7) is 0. The molecule has 0 bridgehead atoms. The predicted molar refractivity (Wildman–Crippen MR) is 98.0 cm³/mol. The van der Waals surface area contributed by atoms with Gasteiger partial charge in [0.15, 0.2) is 0 Å². The minimum absolute atomic E-state index is 0.119. The van der Waals surface area contributed by atoms with Gasteiger partial charge in [-0.1, -0.05) is 0 Å². The molecule has 2 N–H and O–H groups in total. The molecule has 3 aromatic carbocycles. The number of rotatable bonds is 5. The van der Waals surface area contributed by atoms with E-state index in [2.05, 4.69) is 17.4 Å². The van der Waals surface area contributed by atoms with Crippen LogP contribution in [0, 0.1) is 0 Å². The van der Waals surface area contributed by atoms with E-state index in [1.165, 1.54) is 5.56 Å². The van der Waals surface area contributed by atoms with Crippen LogP contribution in [0.3, 0.4) is 0 Å². The molecular formula is C20H17NO2Se. The zero-order valence-corrected chi connectivity index (χ0v) is 14.7. The van der Waals surface area contributed by atoms with Crippen LogP contribution in [-0.2, 0) is 5.32 Å². The Labute approximate surface area is 147 Å². The molecule has 0 unspecified atom stereocenters. The molecule has 0 aliphatic rings. The third-order valence-electron chi connectivity index (χ3n) is 3.49. The van der Waals surface area contributed by atoms with Crippen LogP contribution < -0.4 is 9.78 Å². The summed E-state index contributed by atoms with van der Waals surface area (Å²) in [5, 5.41) is 13.2. The Morgan fingerprint density at radius 1 is 0.875 bits per heavy atom. The van der Waals surface area contributed by atoms with E-state index in [0.29, 0.717) is 11.3 Å². The summed E-state index contributed by atoms with van der Waals surface area (Å²) in [7, 11) is 0. The van der Waals surface area contributed by atoms with E-state index in [1.807, 2.05) is 42.5 Å². The van der Waals surface area contributed by atoms with Crippen molar-refractivity contribution < 1.29 is 9.90 Å². The molecule has 0 aromatic heterocycles. The standard InChI is InChI=1S/C20H17NO2Se/c22-17-12-10-16(11-13-17)21-20(23)18-8-4-5-9-19(18)24-14-15-6-2-1-3-7-15/h1-13,22H,14H2,(H,21,23). The van der Waals surface area contributed by atoms with E-state index in [-0.39, 0.29) is 26.6 Å². The number of phenols is 1. The molecule has 0 heterocycles. The van der Waals surface area contributed by atoms with Gasteiger partial charge in [0, 0.05) is 0 Å². The molecule has 0 atom stereocenters. The second-order valence-corrected chi connectivity index (χ2v) is 7.41. The number of carbonyl (C=O) groups is 1. The second-order valence-electron chi connectivity index (χ2n) is 5.27. The van der Waals surface area contributed by atoms with Gasteiger partial charge in [-0.05, 0) is 0 Å². The van der Waals surface area contributed by atoms with Crippen molar-refractivity contribution in [2.24, 2.45) is 0 Å². The van der Waals surface area contributed by atoms with Crippen LogP contribution in [0.5, 0.6) is 5.75 Å². The number of benzene rings is 3. The van der Waals surface area contributed by atoms with Crippen molar-refractivity contribution in [2.45, 2.75) is 5.32 Å². The van der Waals surface area contributed by atoms with Crippen molar-refractivity contribution >= 4 is 31.0 Å². The number of carbonyl (C=O) groups excluding carboxylic acids is 1. The van der Waals surface area contributed by atoms with Crippen LogP contribution in [0.1, 0.15) is 15.9 Å². The van der Waals surface area contributed by atoms with Gasteiger partial charge in [0.05, 0.1) is 0 Å². The van der Waals surface area contributed by atoms with Crippen molar-refractivity contribution in [1.29, 1.82) is 0 Å². The van der Waals surface area contributed by atoms with E-state index >= 15 is 0 Å². The number of amides is 1. The van der Waals surface area contributed by atoms with E-state index in [4.69, 9.17) is 0 Å². The fourth-order valence-corrected chi connectivity index (χ4v) is 4.37. The molecule has 4 heteroatoms. The van der Waals surface area contributed by atoms with Crippen molar-refractivity contribution in [3.63, 3.8) is 0 Å². The molecule has 1 amide bonds. The third-order valence-corrected chi connectivity index (χ3v) is 5.90. The first kappa shape index (κ1) is 16.3. The zero-order chi connectivity index (χ0) is 16.8. The summed E-state index contributed by atoms with van der Waals surface area (Å²) in [6.07, 6.45) is 0. The molecule has 0 aliphatic carbocycles. The average molecular weight is 382 g/mol. The van der Waals surface area contributed by atoms with Crippen molar-refractivity contribution in [2.75, 3.05) is 5.32 Å². The van der Waals surface area contributed by atoms with Crippen LogP contribution in [0.4, 0.5) is 5.69 Å². The van der Waals surface area contributed by atoms with E-state index in [0.717, 1.165) is 9.78 Å². The number of anilines is 1. The summed E-state index contributed by atoms with van der Waals surface area (Å²) in [5.41, 5.74) is 2.66. The average Bonchev–Trinajstić information content (AvgIpc) is 2.63. The molecule has 0 fully saturated rings. The van der Waals surface area contributed by atoms with Gasteiger partial charge < -0.3 is 0 Å². The summed E-state index contributed by atoms with van der Waals surface area (Å²) < 4.78 is 1.09. The Bertz CT molecular complexity index is 817. The fraction of sp³-hybridized carbons (Fsp3) is 0.0500. The van der Waals surface area contributed by atoms with Crippen LogP contribution >= 0.6 is 0 Å². The summed E-state index contributed by atoms with van der Waals surface area (Å²) in [5.74, 6) is 0.0609. The first-order valence-electron chi connectivity index (χ1n) is 7.58. The Kier molecular flexibility index (Phi) is 5.32. The number of nitrogens with one attached hydrogen (secondary N) is 1. The minimum atomic E-state index is -0.119. The molecule has 3 aromatic rings. The topological polar surface area (TPSA) is 49.3 Å². The molecule has 0 radical (unpaired) electrons. The van der Waals surface area contributed by atoms with E-state index in [1.54, 1.807) is 24.3 Å². The Balaban J connectivity index is 1.73. The molecular weight excluding hydrogens is 365 g/mol. The van der Waals surface area contributed by atoms with Crippen LogP contribution in [0.25, 0.3) is 0 Å². The second kappa shape index (κ2) is 7.82. The molecule has 0 saturated heterocycles. The predicted octanol–water partition coefficient (Wildman–Crippen LogP) is 3.17. The quantitative estimate of drug-likeness (QED) is 0.526. The van der Waals surface area contributed by atoms with Crippen molar-refractivity contribution in [1.82, 2.24) is 0 Å². The Hall–Kier alpha value is -2.55. The molecule has 0 aliphatic heterocycles. The number of phenolic OH excluding ortho intramolecular Hbond substituents is 1. The van der Waals surface area contributed by atoms with Gasteiger partial charge in [-0.25, -0.2) is 0 Å². The van der Waals surface area contributed by atoms with E-state index in [9.17, 15) is 9.90 Å². The van der Waals surface area contributed by atoms with Gasteiger partial charge in [-0.2, -0.15) is 0 Å². The van der Waals surface area contributed by atoms with Gasteiger partial charge in [-0.3, -0.25) is 0 Å². The molecule has 3 nitrogen and oxygen atoms in total. The number of hydrogen-bond donors (Lipinski definition) is 2. The summed E-state index contributed by atoms with van der Waals surface area (Å²) in [6, 6.07) is 24.5. The van der Waals surface area contributed by atoms with Gasteiger partial charge >= 0.3 is 147 Å². The molecule has 0 spiro atoms. The first-order chi connectivity index (χ1) is 11.7. The Morgan fingerprint density at radius 2 is 1.54 bits per heavy atom. The third kappa shape index (κ3) is 4.25. The normalized spacial score (nSPS) is 10.3. The van der Waals surface area contributed by atoms with Gasteiger partial charge in [0.2, 0.25) is 0 Å². The van der Waals surface area contributed by atoms with Crippen LogP contribution in [-0.4, -0.2) is 26.0 Å². The monoisotopic (exact) mass is 383 g/mol.